The average molecular weight is 623 g/mol. The summed E-state index contributed by atoms with van der Waals surface area (Å²) in [4.78, 5) is 0. The molecule has 11 unspecified atom stereocenters. The summed E-state index contributed by atoms with van der Waals surface area (Å²) in [6.45, 7) is 4.65. The van der Waals surface area contributed by atoms with Crippen molar-refractivity contribution < 1.29 is 9.47 Å². The van der Waals surface area contributed by atoms with Crippen LogP contribution in [0, 0.1) is 23.7 Å². The molecule has 0 spiro atoms. The van der Waals surface area contributed by atoms with E-state index in [2.05, 4.69) is 38.1 Å². The first kappa shape index (κ1) is 30.3. The van der Waals surface area contributed by atoms with Gasteiger partial charge in [-0.05, 0) is 128 Å². The van der Waals surface area contributed by atoms with Crippen molar-refractivity contribution >= 4 is 15.8 Å². The molecule has 4 heteroatoms. The van der Waals surface area contributed by atoms with Crippen molar-refractivity contribution in [3.05, 3.63) is 35.4 Å². The molecule has 1 aromatic carbocycles. The molecule has 3 aliphatic heterocycles. The maximum Gasteiger partial charge on any atom is 0.184 e. The summed E-state index contributed by atoms with van der Waals surface area (Å²) in [5.41, 5.74) is 6.89. The highest BCUT2D eigenvalue weighted by atomic mass is 31.1. The highest BCUT2D eigenvalue weighted by Gasteiger charge is 2.55. The Morgan fingerprint density at radius 3 is 1.33 bits per heavy atom. The molecule has 2 nitrogen and oxygen atoms in total. The molecule has 0 aromatic heterocycles. The van der Waals surface area contributed by atoms with Crippen LogP contribution in [0.25, 0.3) is 0 Å². The molecule has 238 valence electrons. The highest BCUT2D eigenvalue weighted by molar-refractivity contribution is 7.60. The van der Waals surface area contributed by atoms with Crippen molar-refractivity contribution in [1.82, 2.24) is 0 Å². The fraction of sp³-hybridized carbons (Fsp3) is 0.846. The van der Waals surface area contributed by atoms with E-state index in [1.807, 2.05) is 0 Å². The summed E-state index contributed by atoms with van der Waals surface area (Å²) >= 11 is 0. The van der Waals surface area contributed by atoms with Gasteiger partial charge in [0.1, 0.15) is 0 Å². The molecular formula is C39H60O2P2. The molecule has 3 saturated heterocycles. The number of hydrogen-bond donors (Lipinski definition) is 0. The molecule has 0 radical (unpaired) electrons. The van der Waals surface area contributed by atoms with Gasteiger partial charge >= 0.3 is 0 Å². The summed E-state index contributed by atoms with van der Waals surface area (Å²) in [5.74, 6) is 4.84. The molecule has 12 atom stereocenters. The largest absolute Gasteiger partial charge is 0.342 e. The second-order valence-electron chi connectivity index (χ2n) is 16.1. The standard InChI is InChI=1S/C39H60O2P2/c1-3-26(2)27-20-22-28(23-21-27)39-40-33(24-42-35-16-8-4-12-29(35)30-13-5-9-17-36(30)42)34(41-39)25-43-37-18-10-6-14-31(37)32-15-7-11-19-38(32)43/h20-23,26,29-39H,3-19,24-25H2,1-2H3/t26?,29?,30?,31?,32?,33-,34?,35?,36?,37?,38?,39?,42?,43?/m0/s1. The number of ether oxygens (including phenoxy) is 2. The van der Waals surface area contributed by atoms with E-state index < -0.39 is 0 Å². The number of fused-ring (bicyclic) bond motifs is 6. The third-order valence-electron chi connectivity index (χ3n) is 14.1. The van der Waals surface area contributed by atoms with E-state index in [-0.39, 0.29) is 22.1 Å². The summed E-state index contributed by atoms with van der Waals surface area (Å²) < 4.78 is 14.4. The maximum atomic E-state index is 7.19. The SMILES string of the molecule is CCC(C)c1ccc(C2OC(CP3C4CCCCC4C4CCCCC43)[C@H](CP3C4CCCCC4C4CCCCC43)O2)cc1. The van der Waals surface area contributed by atoms with Gasteiger partial charge in [-0.1, -0.05) is 105 Å². The first-order valence-electron chi connectivity index (χ1n) is 19.1. The zero-order valence-corrected chi connectivity index (χ0v) is 29.2. The van der Waals surface area contributed by atoms with Crippen molar-refractivity contribution in [2.45, 2.75) is 170 Å². The van der Waals surface area contributed by atoms with Crippen LogP contribution in [0.15, 0.2) is 24.3 Å². The van der Waals surface area contributed by atoms with E-state index in [4.69, 9.17) is 9.47 Å². The Labute approximate surface area is 266 Å². The molecule has 0 amide bonds. The lowest BCUT2D eigenvalue weighted by molar-refractivity contribution is -0.0646. The molecule has 7 fully saturated rings. The van der Waals surface area contributed by atoms with Crippen LogP contribution in [0.2, 0.25) is 0 Å². The molecule has 3 heterocycles. The third kappa shape index (κ3) is 5.76. The third-order valence-corrected chi connectivity index (χ3v) is 21.6. The van der Waals surface area contributed by atoms with Crippen LogP contribution >= 0.6 is 15.8 Å². The first-order valence-corrected chi connectivity index (χ1v) is 22.4. The average Bonchev–Trinajstić information content (AvgIpc) is 3.72. The predicted octanol–water partition coefficient (Wildman–Crippen LogP) is 11.2. The Hall–Kier alpha value is -0.0000000000000000555. The lowest BCUT2D eigenvalue weighted by Crippen LogP contribution is -2.32. The van der Waals surface area contributed by atoms with Gasteiger partial charge in [0.2, 0.25) is 0 Å². The van der Waals surface area contributed by atoms with Crippen LogP contribution in [0.4, 0.5) is 0 Å². The Kier molecular flexibility index (Phi) is 9.35. The summed E-state index contributed by atoms with van der Waals surface area (Å²) in [6.07, 6.45) is 28.7. The molecule has 1 aromatic rings. The fourth-order valence-corrected chi connectivity index (χ4v) is 20.9. The van der Waals surface area contributed by atoms with E-state index in [0.29, 0.717) is 18.1 Å². The van der Waals surface area contributed by atoms with Gasteiger partial charge in [-0.3, -0.25) is 0 Å². The second-order valence-corrected chi connectivity index (χ2v) is 21.6. The van der Waals surface area contributed by atoms with Gasteiger partial charge in [0.05, 0.1) is 12.2 Å². The normalized spacial score (nSPS) is 46.5. The minimum Gasteiger partial charge on any atom is -0.342 e. The lowest BCUT2D eigenvalue weighted by atomic mass is 9.73. The molecule has 8 rings (SSSR count). The molecule has 4 saturated carbocycles. The van der Waals surface area contributed by atoms with Gasteiger partial charge in [-0.15, -0.1) is 0 Å². The number of rotatable bonds is 7. The van der Waals surface area contributed by atoms with E-state index in [9.17, 15) is 0 Å². The Bertz CT molecular complexity index is 974. The monoisotopic (exact) mass is 622 g/mol. The Balaban J connectivity index is 1.06. The topological polar surface area (TPSA) is 18.5 Å². The van der Waals surface area contributed by atoms with E-state index >= 15 is 0 Å². The van der Waals surface area contributed by atoms with Gasteiger partial charge in [-0.2, -0.15) is 0 Å². The van der Waals surface area contributed by atoms with Crippen LogP contribution < -0.4 is 0 Å². The van der Waals surface area contributed by atoms with Gasteiger partial charge in [0, 0.05) is 5.56 Å². The van der Waals surface area contributed by atoms with Crippen molar-refractivity contribution in [2.75, 3.05) is 12.3 Å². The minimum absolute atomic E-state index is 0.0518. The molecule has 4 aliphatic carbocycles. The summed E-state index contributed by atoms with van der Waals surface area (Å²) in [7, 11) is 0.104. The van der Waals surface area contributed by atoms with Crippen molar-refractivity contribution in [2.24, 2.45) is 23.7 Å². The quantitative estimate of drug-likeness (QED) is 0.282. The van der Waals surface area contributed by atoms with E-state index in [1.54, 1.807) is 25.7 Å². The van der Waals surface area contributed by atoms with Crippen molar-refractivity contribution in [1.29, 1.82) is 0 Å². The van der Waals surface area contributed by atoms with Crippen LogP contribution in [0.3, 0.4) is 0 Å². The highest BCUT2D eigenvalue weighted by Crippen LogP contribution is 2.70. The van der Waals surface area contributed by atoms with E-state index in [0.717, 1.165) is 46.3 Å². The molecular weight excluding hydrogens is 562 g/mol. The minimum atomic E-state index is -0.148. The summed E-state index contributed by atoms with van der Waals surface area (Å²) in [6, 6.07) is 9.41. The Morgan fingerprint density at radius 1 is 0.581 bits per heavy atom. The number of benzene rings is 1. The maximum absolute atomic E-state index is 7.19. The van der Waals surface area contributed by atoms with Gasteiger partial charge in [0.15, 0.2) is 6.29 Å². The molecule has 7 aliphatic rings. The van der Waals surface area contributed by atoms with Crippen LogP contribution in [0.1, 0.15) is 146 Å². The van der Waals surface area contributed by atoms with Crippen molar-refractivity contribution in [3.63, 3.8) is 0 Å². The zero-order chi connectivity index (χ0) is 28.9. The smallest absolute Gasteiger partial charge is 0.184 e. The number of hydrogen-bond acceptors (Lipinski definition) is 2. The molecule has 0 N–H and O–H groups in total. The van der Waals surface area contributed by atoms with Gasteiger partial charge < -0.3 is 9.47 Å². The first-order chi connectivity index (χ1) is 21.2. The van der Waals surface area contributed by atoms with E-state index in [1.165, 1.54) is 107 Å². The molecule has 43 heavy (non-hydrogen) atoms. The van der Waals surface area contributed by atoms with Crippen LogP contribution in [-0.4, -0.2) is 47.2 Å². The zero-order valence-electron chi connectivity index (χ0n) is 27.4. The Morgan fingerprint density at radius 2 is 0.953 bits per heavy atom. The summed E-state index contributed by atoms with van der Waals surface area (Å²) in [5, 5.41) is 0. The predicted molar refractivity (Wildman–Crippen MR) is 184 cm³/mol. The lowest BCUT2D eigenvalue weighted by Gasteiger charge is -2.35. The van der Waals surface area contributed by atoms with Gasteiger partial charge in [-0.25, -0.2) is 0 Å². The molecule has 0 bridgehead atoms. The van der Waals surface area contributed by atoms with Crippen LogP contribution in [-0.2, 0) is 9.47 Å². The van der Waals surface area contributed by atoms with Crippen LogP contribution in [0.5, 0.6) is 0 Å². The second kappa shape index (κ2) is 13.2. The van der Waals surface area contributed by atoms with Crippen molar-refractivity contribution in [3.8, 4) is 0 Å². The fourth-order valence-electron chi connectivity index (χ4n) is 11.9. The van der Waals surface area contributed by atoms with Gasteiger partial charge in [0.25, 0.3) is 0 Å².